The van der Waals surface area contributed by atoms with E-state index in [1.54, 1.807) is 19.1 Å². The lowest BCUT2D eigenvalue weighted by molar-refractivity contribution is 0.606. The smallest absolute Gasteiger partial charge is 0.268 e. The second-order valence-electron chi connectivity index (χ2n) is 3.88. The second kappa shape index (κ2) is 4.80. The maximum atomic E-state index is 13.0. The van der Waals surface area contributed by atoms with Gasteiger partial charge in [0.05, 0.1) is 17.8 Å². The van der Waals surface area contributed by atoms with Crippen LogP contribution < -0.4 is 5.56 Å². The van der Waals surface area contributed by atoms with Gasteiger partial charge in [-0.15, -0.1) is 0 Å². The lowest BCUT2D eigenvalue weighted by Crippen LogP contribution is -2.24. The number of halogens is 1. The molecular weight excluding hydrogens is 233 g/mol. The van der Waals surface area contributed by atoms with Crippen LogP contribution in [0.2, 0.25) is 0 Å². The molecule has 0 aliphatic carbocycles. The van der Waals surface area contributed by atoms with Crippen molar-refractivity contribution in [1.29, 1.82) is 5.26 Å². The number of benzene rings is 1. The molecule has 0 radical (unpaired) electrons. The Morgan fingerprint density at radius 1 is 1.44 bits per heavy atom. The summed E-state index contributed by atoms with van der Waals surface area (Å²) >= 11 is 0. The summed E-state index contributed by atoms with van der Waals surface area (Å²) in [5, 5.41) is 12.8. The van der Waals surface area contributed by atoms with Gasteiger partial charge in [0, 0.05) is 6.07 Å². The summed E-state index contributed by atoms with van der Waals surface area (Å²) in [5.41, 5.74) is 1.01. The molecule has 0 unspecified atom stereocenters. The van der Waals surface area contributed by atoms with E-state index >= 15 is 0 Å². The van der Waals surface area contributed by atoms with Crippen molar-refractivity contribution in [3.05, 3.63) is 63.3 Å². The number of aryl methyl sites for hydroxylation is 1. The van der Waals surface area contributed by atoms with Crippen molar-refractivity contribution in [3.8, 4) is 6.07 Å². The Kier molecular flexibility index (Phi) is 3.20. The molecule has 2 aromatic rings. The molecule has 0 aliphatic rings. The average molecular weight is 243 g/mol. The van der Waals surface area contributed by atoms with Crippen molar-refractivity contribution in [2.24, 2.45) is 0 Å². The number of nitriles is 1. The minimum absolute atomic E-state index is 0.184. The minimum Gasteiger partial charge on any atom is -0.268 e. The molecule has 0 saturated heterocycles. The molecule has 0 saturated carbocycles. The fourth-order valence-electron chi connectivity index (χ4n) is 1.62. The van der Waals surface area contributed by atoms with Crippen LogP contribution in [0.4, 0.5) is 4.39 Å². The van der Waals surface area contributed by atoms with Crippen LogP contribution in [0.15, 0.2) is 35.1 Å². The first-order chi connectivity index (χ1) is 8.60. The van der Waals surface area contributed by atoms with Crippen LogP contribution in [0.5, 0.6) is 0 Å². The van der Waals surface area contributed by atoms with E-state index in [-0.39, 0.29) is 23.5 Å². The monoisotopic (exact) mass is 243 g/mol. The van der Waals surface area contributed by atoms with E-state index in [1.165, 1.54) is 22.9 Å². The Morgan fingerprint density at radius 2 is 2.22 bits per heavy atom. The fourth-order valence-corrected chi connectivity index (χ4v) is 1.62. The highest BCUT2D eigenvalue weighted by atomic mass is 19.1. The van der Waals surface area contributed by atoms with Crippen molar-refractivity contribution >= 4 is 0 Å². The molecule has 0 N–H and O–H groups in total. The molecule has 4 nitrogen and oxygen atoms in total. The molecule has 90 valence electrons. The normalized spacial score (nSPS) is 10.1. The third kappa shape index (κ3) is 2.43. The molecule has 2 rings (SSSR count). The summed E-state index contributed by atoms with van der Waals surface area (Å²) in [4.78, 5) is 11.7. The van der Waals surface area contributed by atoms with Crippen molar-refractivity contribution in [2.45, 2.75) is 13.5 Å². The van der Waals surface area contributed by atoms with Gasteiger partial charge >= 0.3 is 0 Å². The van der Waals surface area contributed by atoms with Gasteiger partial charge in [-0.2, -0.15) is 10.4 Å². The first kappa shape index (κ1) is 12.0. The maximum Gasteiger partial charge on any atom is 0.268 e. The molecular formula is C13H10FN3O. The van der Waals surface area contributed by atoms with Crippen LogP contribution in [-0.2, 0) is 6.54 Å². The zero-order valence-corrected chi connectivity index (χ0v) is 9.72. The molecule has 0 amide bonds. The number of hydrogen-bond acceptors (Lipinski definition) is 3. The number of aromatic nitrogens is 2. The Labute approximate surface area is 103 Å². The topological polar surface area (TPSA) is 58.7 Å². The third-order valence-corrected chi connectivity index (χ3v) is 2.52. The number of hydrogen-bond donors (Lipinski definition) is 0. The number of nitrogens with zero attached hydrogens (tertiary/aromatic N) is 3. The third-order valence-electron chi connectivity index (χ3n) is 2.52. The predicted octanol–water partition coefficient (Wildman–Crippen LogP) is 1.61. The maximum absolute atomic E-state index is 13.0. The molecule has 0 bridgehead atoms. The van der Waals surface area contributed by atoms with Crippen LogP contribution in [0.25, 0.3) is 0 Å². The number of rotatable bonds is 2. The molecule has 1 aromatic heterocycles. The van der Waals surface area contributed by atoms with Gasteiger partial charge in [-0.25, -0.2) is 9.07 Å². The molecule has 0 spiro atoms. The Morgan fingerprint density at radius 3 is 2.89 bits per heavy atom. The van der Waals surface area contributed by atoms with Crippen molar-refractivity contribution in [3.63, 3.8) is 0 Å². The zero-order valence-electron chi connectivity index (χ0n) is 9.72. The molecule has 0 aliphatic heterocycles. The molecule has 18 heavy (non-hydrogen) atoms. The van der Waals surface area contributed by atoms with Crippen molar-refractivity contribution in [2.75, 3.05) is 0 Å². The van der Waals surface area contributed by atoms with Crippen LogP contribution in [-0.4, -0.2) is 9.78 Å². The van der Waals surface area contributed by atoms with E-state index < -0.39 is 0 Å². The van der Waals surface area contributed by atoms with Gasteiger partial charge in [-0.1, -0.05) is 12.1 Å². The van der Waals surface area contributed by atoms with Crippen LogP contribution >= 0.6 is 0 Å². The summed E-state index contributed by atoms with van der Waals surface area (Å²) in [5.74, 6) is -0.356. The van der Waals surface area contributed by atoms with Gasteiger partial charge in [0.15, 0.2) is 0 Å². The second-order valence-corrected chi connectivity index (χ2v) is 3.88. The quantitative estimate of drug-likeness (QED) is 0.805. The minimum atomic E-state index is -0.374. The SMILES string of the molecule is Cc1nn(Cc2cccc(F)c2)c(=O)cc1C#N. The standard InChI is InChI=1S/C13H10FN3O/c1-9-11(7-15)6-13(18)17(16-9)8-10-3-2-4-12(14)5-10/h2-6H,8H2,1H3. The van der Waals surface area contributed by atoms with E-state index in [4.69, 9.17) is 5.26 Å². The Hall–Kier alpha value is -2.48. The van der Waals surface area contributed by atoms with E-state index in [0.29, 0.717) is 11.3 Å². The summed E-state index contributed by atoms with van der Waals surface area (Å²) in [7, 11) is 0. The van der Waals surface area contributed by atoms with Gasteiger partial charge in [-0.05, 0) is 24.6 Å². The average Bonchev–Trinajstić information content (AvgIpc) is 2.33. The summed E-state index contributed by atoms with van der Waals surface area (Å²) in [6.45, 7) is 1.84. The lowest BCUT2D eigenvalue weighted by Gasteiger charge is -2.06. The molecule has 0 fully saturated rings. The van der Waals surface area contributed by atoms with E-state index in [0.717, 1.165) is 0 Å². The first-order valence-corrected chi connectivity index (χ1v) is 5.33. The Bertz CT molecular complexity index is 685. The molecule has 5 heteroatoms. The van der Waals surface area contributed by atoms with E-state index in [1.807, 2.05) is 6.07 Å². The lowest BCUT2D eigenvalue weighted by atomic mass is 10.2. The van der Waals surface area contributed by atoms with E-state index in [2.05, 4.69) is 5.10 Å². The summed E-state index contributed by atoms with van der Waals surface area (Å²) < 4.78 is 14.2. The fraction of sp³-hybridized carbons (Fsp3) is 0.154. The van der Waals surface area contributed by atoms with Gasteiger partial charge in [-0.3, -0.25) is 4.79 Å². The largest absolute Gasteiger partial charge is 0.268 e. The zero-order chi connectivity index (χ0) is 13.1. The van der Waals surface area contributed by atoms with Crippen LogP contribution in [0.3, 0.4) is 0 Å². The van der Waals surface area contributed by atoms with Crippen molar-refractivity contribution < 1.29 is 4.39 Å². The predicted molar refractivity (Wildman–Crippen MR) is 63.5 cm³/mol. The highest BCUT2D eigenvalue weighted by Gasteiger charge is 2.05. The summed E-state index contributed by atoms with van der Waals surface area (Å²) in [6.07, 6.45) is 0. The van der Waals surface area contributed by atoms with E-state index in [9.17, 15) is 9.18 Å². The van der Waals surface area contributed by atoms with Gasteiger partial charge < -0.3 is 0 Å². The Balaban J connectivity index is 2.39. The highest BCUT2D eigenvalue weighted by Crippen LogP contribution is 2.05. The molecule has 1 heterocycles. The molecule has 0 atom stereocenters. The van der Waals surface area contributed by atoms with Crippen molar-refractivity contribution in [1.82, 2.24) is 9.78 Å². The van der Waals surface area contributed by atoms with Crippen LogP contribution in [0.1, 0.15) is 16.8 Å². The van der Waals surface area contributed by atoms with Gasteiger partial charge in [0.25, 0.3) is 5.56 Å². The summed E-state index contributed by atoms with van der Waals surface area (Å²) in [6, 6.07) is 9.11. The first-order valence-electron chi connectivity index (χ1n) is 5.33. The van der Waals surface area contributed by atoms with Crippen LogP contribution in [0, 0.1) is 24.1 Å². The highest BCUT2D eigenvalue weighted by molar-refractivity contribution is 5.30. The van der Waals surface area contributed by atoms with Gasteiger partial charge in [0.2, 0.25) is 0 Å². The van der Waals surface area contributed by atoms with Gasteiger partial charge in [0.1, 0.15) is 11.9 Å². The molecule has 1 aromatic carbocycles.